The largest absolute Gasteiger partial charge is 0.478 e. The lowest BCUT2D eigenvalue weighted by Gasteiger charge is -2.02. The van der Waals surface area contributed by atoms with E-state index >= 15 is 0 Å². The molecule has 0 saturated heterocycles. The molecule has 0 bridgehead atoms. The molecule has 0 unspecified atom stereocenters. The van der Waals surface area contributed by atoms with Gasteiger partial charge in [-0.05, 0) is 35.4 Å². The number of rotatable bonds is 4. The lowest BCUT2D eigenvalue weighted by molar-refractivity contribution is 0.0697. The zero-order chi connectivity index (χ0) is 15.4. The fourth-order valence-corrected chi connectivity index (χ4v) is 2.22. The van der Waals surface area contributed by atoms with Crippen LogP contribution in [-0.4, -0.2) is 11.1 Å². The summed E-state index contributed by atoms with van der Waals surface area (Å²) < 4.78 is 5.46. The van der Waals surface area contributed by atoms with Crippen LogP contribution in [0.25, 0.3) is 23.5 Å². The summed E-state index contributed by atoms with van der Waals surface area (Å²) in [6, 6.07) is 18.5. The third-order valence-corrected chi connectivity index (χ3v) is 3.36. The zero-order valence-electron chi connectivity index (χ0n) is 11.8. The van der Waals surface area contributed by atoms with Crippen LogP contribution in [0.4, 0.5) is 0 Å². The number of carbonyl (C=O) groups is 1. The molecule has 2 aromatic carbocycles. The fourth-order valence-electron chi connectivity index (χ4n) is 2.22. The number of aromatic carboxylic acids is 1. The van der Waals surface area contributed by atoms with E-state index in [-0.39, 0.29) is 5.56 Å². The Morgan fingerprint density at radius 2 is 1.68 bits per heavy atom. The minimum absolute atomic E-state index is 0.285. The van der Waals surface area contributed by atoms with Crippen molar-refractivity contribution in [3.63, 3.8) is 0 Å². The Bertz CT molecular complexity index is 797. The highest BCUT2D eigenvalue weighted by molar-refractivity contribution is 5.88. The molecule has 0 aliphatic heterocycles. The number of hydrogen-bond acceptors (Lipinski definition) is 2. The van der Waals surface area contributed by atoms with Gasteiger partial charge < -0.3 is 9.52 Å². The summed E-state index contributed by atoms with van der Waals surface area (Å²) in [6.45, 7) is 0. The molecule has 0 aliphatic carbocycles. The molecule has 0 saturated carbocycles. The first-order valence-electron chi connectivity index (χ1n) is 6.88. The molecular formula is C19H14O3. The van der Waals surface area contributed by atoms with Crippen molar-refractivity contribution in [2.75, 3.05) is 0 Å². The average Bonchev–Trinajstić information content (AvgIpc) is 3.08. The molecule has 3 heteroatoms. The van der Waals surface area contributed by atoms with Gasteiger partial charge in [0.25, 0.3) is 0 Å². The maximum Gasteiger partial charge on any atom is 0.335 e. The Kier molecular flexibility index (Phi) is 3.88. The molecule has 0 atom stereocenters. The van der Waals surface area contributed by atoms with E-state index in [1.54, 1.807) is 30.5 Å². The second kappa shape index (κ2) is 6.14. The van der Waals surface area contributed by atoms with Gasteiger partial charge in [-0.2, -0.15) is 0 Å². The van der Waals surface area contributed by atoms with Gasteiger partial charge in [0, 0.05) is 5.56 Å². The third-order valence-electron chi connectivity index (χ3n) is 3.36. The van der Waals surface area contributed by atoms with Crippen molar-refractivity contribution < 1.29 is 14.3 Å². The van der Waals surface area contributed by atoms with Crippen LogP contribution in [0.15, 0.2) is 71.3 Å². The molecule has 0 spiro atoms. The minimum atomic E-state index is -0.918. The first-order valence-corrected chi connectivity index (χ1v) is 6.88. The van der Waals surface area contributed by atoms with Crippen molar-refractivity contribution in [1.29, 1.82) is 0 Å². The fraction of sp³-hybridized carbons (Fsp3) is 0. The zero-order valence-corrected chi connectivity index (χ0v) is 11.8. The molecule has 0 fully saturated rings. The van der Waals surface area contributed by atoms with Crippen molar-refractivity contribution in [2.24, 2.45) is 0 Å². The van der Waals surface area contributed by atoms with Gasteiger partial charge in [0.15, 0.2) is 0 Å². The SMILES string of the molecule is O=C(O)c1ccc(C=Cc2ccccc2-c2ccco2)cc1. The Labute approximate surface area is 128 Å². The predicted molar refractivity (Wildman–Crippen MR) is 86.5 cm³/mol. The monoisotopic (exact) mass is 290 g/mol. The van der Waals surface area contributed by atoms with E-state index in [1.165, 1.54) is 0 Å². The first kappa shape index (κ1) is 13.9. The topological polar surface area (TPSA) is 50.4 Å². The van der Waals surface area contributed by atoms with Crippen LogP contribution in [-0.2, 0) is 0 Å². The van der Waals surface area contributed by atoms with Crippen LogP contribution in [0.1, 0.15) is 21.5 Å². The number of carboxylic acids is 1. The Balaban J connectivity index is 1.88. The van der Waals surface area contributed by atoms with Crippen LogP contribution in [0, 0.1) is 0 Å². The Morgan fingerprint density at radius 1 is 0.909 bits per heavy atom. The van der Waals surface area contributed by atoms with E-state index in [2.05, 4.69) is 0 Å². The van der Waals surface area contributed by atoms with Gasteiger partial charge in [0.05, 0.1) is 11.8 Å². The minimum Gasteiger partial charge on any atom is -0.478 e. The van der Waals surface area contributed by atoms with E-state index in [4.69, 9.17) is 9.52 Å². The molecule has 108 valence electrons. The van der Waals surface area contributed by atoms with Gasteiger partial charge >= 0.3 is 5.97 Å². The molecule has 1 heterocycles. The first-order chi connectivity index (χ1) is 10.7. The van der Waals surface area contributed by atoms with E-state index in [0.717, 1.165) is 22.5 Å². The summed E-state index contributed by atoms with van der Waals surface area (Å²) in [6.07, 6.45) is 5.60. The summed E-state index contributed by atoms with van der Waals surface area (Å²) in [5.41, 5.74) is 3.29. The Hall–Kier alpha value is -3.07. The van der Waals surface area contributed by atoms with E-state index < -0.39 is 5.97 Å². The second-order valence-electron chi connectivity index (χ2n) is 4.83. The normalized spacial score (nSPS) is 10.9. The van der Waals surface area contributed by atoms with E-state index in [9.17, 15) is 4.79 Å². The highest BCUT2D eigenvalue weighted by atomic mass is 16.4. The maximum atomic E-state index is 10.8. The molecule has 1 aromatic heterocycles. The molecule has 3 rings (SSSR count). The van der Waals surface area contributed by atoms with Crippen molar-refractivity contribution in [1.82, 2.24) is 0 Å². The molecule has 3 aromatic rings. The van der Waals surface area contributed by atoms with Gasteiger partial charge in [-0.3, -0.25) is 0 Å². The van der Waals surface area contributed by atoms with Crippen molar-refractivity contribution in [3.8, 4) is 11.3 Å². The second-order valence-corrected chi connectivity index (χ2v) is 4.83. The van der Waals surface area contributed by atoms with E-state index in [1.807, 2.05) is 48.6 Å². The quantitative estimate of drug-likeness (QED) is 0.701. The van der Waals surface area contributed by atoms with Crippen LogP contribution in [0.5, 0.6) is 0 Å². The highest BCUT2D eigenvalue weighted by Crippen LogP contribution is 2.25. The molecule has 0 aliphatic rings. The van der Waals surface area contributed by atoms with Crippen molar-refractivity contribution in [3.05, 3.63) is 83.6 Å². The number of carboxylic acid groups (broad SMARTS) is 1. The van der Waals surface area contributed by atoms with Gasteiger partial charge in [0.2, 0.25) is 0 Å². The summed E-state index contributed by atoms with van der Waals surface area (Å²) >= 11 is 0. The van der Waals surface area contributed by atoms with E-state index in [0.29, 0.717) is 0 Å². The lowest BCUT2D eigenvalue weighted by Crippen LogP contribution is -1.94. The number of hydrogen-bond donors (Lipinski definition) is 1. The number of furan rings is 1. The highest BCUT2D eigenvalue weighted by Gasteiger charge is 2.04. The number of benzene rings is 2. The van der Waals surface area contributed by atoms with Gasteiger partial charge in [-0.15, -0.1) is 0 Å². The summed E-state index contributed by atoms with van der Waals surface area (Å²) in [4.78, 5) is 10.8. The smallest absolute Gasteiger partial charge is 0.335 e. The average molecular weight is 290 g/mol. The predicted octanol–water partition coefficient (Wildman–Crippen LogP) is 4.82. The van der Waals surface area contributed by atoms with Gasteiger partial charge in [-0.25, -0.2) is 4.79 Å². The standard InChI is InChI=1S/C19H14O3/c20-19(21)16-11-8-14(9-12-16)7-10-15-4-1-2-5-17(15)18-6-3-13-22-18/h1-13H,(H,20,21). The van der Waals surface area contributed by atoms with Crippen LogP contribution in [0.2, 0.25) is 0 Å². The lowest BCUT2D eigenvalue weighted by atomic mass is 10.0. The Morgan fingerprint density at radius 3 is 2.36 bits per heavy atom. The third kappa shape index (κ3) is 2.99. The van der Waals surface area contributed by atoms with Crippen LogP contribution in [0.3, 0.4) is 0 Å². The van der Waals surface area contributed by atoms with Crippen LogP contribution < -0.4 is 0 Å². The summed E-state index contributed by atoms with van der Waals surface area (Å²) in [5.74, 6) is -0.0971. The van der Waals surface area contributed by atoms with Crippen LogP contribution >= 0.6 is 0 Å². The van der Waals surface area contributed by atoms with Crippen molar-refractivity contribution >= 4 is 18.1 Å². The molecule has 0 amide bonds. The summed E-state index contributed by atoms with van der Waals surface area (Å²) in [7, 11) is 0. The molecular weight excluding hydrogens is 276 g/mol. The van der Waals surface area contributed by atoms with Gasteiger partial charge in [-0.1, -0.05) is 48.6 Å². The maximum absolute atomic E-state index is 10.8. The summed E-state index contributed by atoms with van der Waals surface area (Å²) in [5, 5.41) is 8.90. The molecule has 1 N–H and O–H groups in total. The molecule has 22 heavy (non-hydrogen) atoms. The van der Waals surface area contributed by atoms with Gasteiger partial charge in [0.1, 0.15) is 5.76 Å². The molecule has 3 nitrogen and oxygen atoms in total. The molecule has 0 radical (unpaired) electrons. The van der Waals surface area contributed by atoms with Crippen molar-refractivity contribution in [2.45, 2.75) is 0 Å².